The highest BCUT2D eigenvalue weighted by atomic mass is 16.3. The standard InChI is InChI=1S/C13H29NO/c1-11(2,3)8-13(6,7)14-9-12(4,5)10-15/h14-15H,8-10H2,1-7H3. The van der Waals surface area contributed by atoms with Crippen molar-refractivity contribution < 1.29 is 5.11 Å². The van der Waals surface area contributed by atoms with Gasteiger partial charge in [0.25, 0.3) is 0 Å². The van der Waals surface area contributed by atoms with Crippen molar-refractivity contribution in [2.75, 3.05) is 13.2 Å². The molecule has 0 atom stereocenters. The smallest absolute Gasteiger partial charge is 0.0494 e. The van der Waals surface area contributed by atoms with Crippen molar-refractivity contribution in [2.45, 2.75) is 60.4 Å². The molecule has 0 aromatic rings. The summed E-state index contributed by atoms with van der Waals surface area (Å²) in [5, 5.41) is 12.7. The lowest BCUT2D eigenvalue weighted by molar-refractivity contribution is 0.137. The predicted octanol–water partition coefficient (Wildman–Crippen LogP) is 2.81. The summed E-state index contributed by atoms with van der Waals surface area (Å²) in [6, 6.07) is 0. The van der Waals surface area contributed by atoms with Crippen LogP contribution in [0.3, 0.4) is 0 Å². The highest BCUT2D eigenvalue weighted by Gasteiger charge is 2.27. The van der Waals surface area contributed by atoms with Crippen LogP contribution in [0.4, 0.5) is 0 Å². The maximum atomic E-state index is 9.18. The third-order valence-corrected chi connectivity index (χ3v) is 2.45. The number of hydrogen-bond acceptors (Lipinski definition) is 2. The minimum Gasteiger partial charge on any atom is -0.396 e. The number of nitrogens with one attached hydrogen (secondary N) is 1. The average molecular weight is 215 g/mol. The van der Waals surface area contributed by atoms with Gasteiger partial charge in [-0.2, -0.15) is 0 Å². The van der Waals surface area contributed by atoms with Crippen molar-refractivity contribution in [1.29, 1.82) is 0 Å². The predicted molar refractivity (Wildman–Crippen MR) is 67.0 cm³/mol. The molecule has 0 radical (unpaired) electrons. The number of aliphatic hydroxyl groups is 1. The van der Waals surface area contributed by atoms with Gasteiger partial charge in [-0.15, -0.1) is 0 Å². The van der Waals surface area contributed by atoms with Crippen LogP contribution in [-0.2, 0) is 0 Å². The molecule has 2 nitrogen and oxygen atoms in total. The van der Waals surface area contributed by atoms with Crippen LogP contribution in [-0.4, -0.2) is 23.8 Å². The molecule has 0 aliphatic carbocycles. The molecule has 0 spiro atoms. The minimum absolute atomic E-state index is 0.0326. The van der Waals surface area contributed by atoms with Crippen molar-refractivity contribution in [1.82, 2.24) is 5.32 Å². The maximum absolute atomic E-state index is 9.18. The van der Waals surface area contributed by atoms with Crippen molar-refractivity contribution in [2.24, 2.45) is 10.8 Å². The second kappa shape index (κ2) is 4.84. The van der Waals surface area contributed by atoms with E-state index in [1.54, 1.807) is 0 Å². The van der Waals surface area contributed by atoms with E-state index in [1.165, 1.54) is 0 Å². The van der Waals surface area contributed by atoms with Crippen LogP contribution < -0.4 is 5.32 Å². The summed E-state index contributed by atoms with van der Waals surface area (Å²) in [6.45, 7) is 16.5. The molecular formula is C13H29NO. The lowest BCUT2D eigenvalue weighted by Crippen LogP contribution is -2.47. The zero-order valence-electron chi connectivity index (χ0n) is 11.6. The van der Waals surface area contributed by atoms with E-state index in [4.69, 9.17) is 0 Å². The molecule has 92 valence electrons. The van der Waals surface area contributed by atoms with Gasteiger partial charge in [0.2, 0.25) is 0 Å². The molecule has 0 fully saturated rings. The van der Waals surface area contributed by atoms with E-state index in [0.717, 1.165) is 13.0 Å². The van der Waals surface area contributed by atoms with Gasteiger partial charge in [-0.3, -0.25) is 0 Å². The topological polar surface area (TPSA) is 32.3 Å². The fourth-order valence-corrected chi connectivity index (χ4v) is 1.92. The zero-order valence-corrected chi connectivity index (χ0v) is 11.6. The Morgan fingerprint density at radius 2 is 1.40 bits per heavy atom. The Labute approximate surface area is 95.5 Å². The molecule has 2 N–H and O–H groups in total. The Hall–Kier alpha value is -0.0800. The fourth-order valence-electron chi connectivity index (χ4n) is 1.92. The molecule has 15 heavy (non-hydrogen) atoms. The van der Waals surface area contributed by atoms with E-state index >= 15 is 0 Å². The van der Waals surface area contributed by atoms with Gasteiger partial charge >= 0.3 is 0 Å². The molecule has 0 bridgehead atoms. The lowest BCUT2D eigenvalue weighted by atomic mass is 9.81. The largest absolute Gasteiger partial charge is 0.396 e. The Bertz CT molecular complexity index is 189. The Balaban J connectivity index is 4.16. The van der Waals surface area contributed by atoms with E-state index in [0.29, 0.717) is 5.41 Å². The van der Waals surface area contributed by atoms with E-state index in [-0.39, 0.29) is 17.6 Å². The van der Waals surface area contributed by atoms with Gasteiger partial charge in [-0.1, -0.05) is 34.6 Å². The highest BCUT2D eigenvalue weighted by molar-refractivity contribution is 4.85. The van der Waals surface area contributed by atoms with Crippen LogP contribution in [0.1, 0.15) is 54.9 Å². The number of aliphatic hydroxyl groups excluding tert-OH is 1. The molecule has 0 amide bonds. The van der Waals surface area contributed by atoms with Crippen LogP contribution in [0.2, 0.25) is 0 Å². The first-order valence-electron chi connectivity index (χ1n) is 5.83. The molecule has 0 saturated heterocycles. The zero-order chi connectivity index (χ0) is 12.3. The Kier molecular flexibility index (Phi) is 4.81. The highest BCUT2D eigenvalue weighted by Crippen LogP contribution is 2.27. The fraction of sp³-hybridized carbons (Fsp3) is 1.00. The quantitative estimate of drug-likeness (QED) is 0.739. The Morgan fingerprint density at radius 1 is 0.933 bits per heavy atom. The summed E-state index contributed by atoms with van der Waals surface area (Å²) in [4.78, 5) is 0. The van der Waals surface area contributed by atoms with Crippen molar-refractivity contribution in [3.05, 3.63) is 0 Å². The van der Waals surface area contributed by atoms with Crippen LogP contribution in [0.25, 0.3) is 0 Å². The second-order valence-electron chi connectivity index (χ2n) is 7.30. The summed E-state index contributed by atoms with van der Waals surface area (Å²) in [6.07, 6.45) is 1.13. The van der Waals surface area contributed by atoms with Crippen LogP contribution in [0.15, 0.2) is 0 Å². The van der Waals surface area contributed by atoms with Crippen LogP contribution in [0, 0.1) is 10.8 Å². The van der Waals surface area contributed by atoms with E-state index in [2.05, 4.69) is 53.8 Å². The molecule has 0 aliphatic rings. The van der Waals surface area contributed by atoms with Crippen LogP contribution >= 0.6 is 0 Å². The first-order valence-corrected chi connectivity index (χ1v) is 5.83. The molecular weight excluding hydrogens is 186 g/mol. The number of rotatable bonds is 5. The van der Waals surface area contributed by atoms with Crippen molar-refractivity contribution >= 4 is 0 Å². The summed E-state index contributed by atoms with van der Waals surface area (Å²) in [7, 11) is 0. The molecule has 0 unspecified atom stereocenters. The van der Waals surface area contributed by atoms with Gasteiger partial charge in [0, 0.05) is 24.1 Å². The van der Waals surface area contributed by atoms with Gasteiger partial charge in [0.05, 0.1) is 0 Å². The molecule has 0 aromatic heterocycles. The van der Waals surface area contributed by atoms with E-state index < -0.39 is 0 Å². The van der Waals surface area contributed by atoms with Gasteiger partial charge in [-0.25, -0.2) is 0 Å². The van der Waals surface area contributed by atoms with E-state index in [9.17, 15) is 5.11 Å². The third-order valence-electron chi connectivity index (χ3n) is 2.45. The van der Waals surface area contributed by atoms with Gasteiger partial charge in [0.1, 0.15) is 0 Å². The molecule has 0 aromatic carbocycles. The summed E-state index contributed by atoms with van der Waals surface area (Å²) in [5.74, 6) is 0. The van der Waals surface area contributed by atoms with E-state index in [1.807, 2.05) is 0 Å². The van der Waals surface area contributed by atoms with Gasteiger partial charge in [0.15, 0.2) is 0 Å². The lowest BCUT2D eigenvalue weighted by Gasteiger charge is -2.36. The molecule has 0 saturated carbocycles. The monoisotopic (exact) mass is 215 g/mol. The third kappa shape index (κ3) is 7.80. The second-order valence-corrected chi connectivity index (χ2v) is 7.30. The minimum atomic E-state index is -0.0326. The molecule has 0 heterocycles. The molecule has 2 heteroatoms. The van der Waals surface area contributed by atoms with Crippen LogP contribution in [0.5, 0.6) is 0 Å². The van der Waals surface area contributed by atoms with Gasteiger partial charge in [-0.05, 0) is 25.7 Å². The maximum Gasteiger partial charge on any atom is 0.0494 e. The summed E-state index contributed by atoms with van der Waals surface area (Å²) < 4.78 is 0. The van der Waals surface area contributed by atoms with Crippen molar-refractivity contribution in [3.63, 3.8) is 0 Å². The summed E-state index contributed by atoms with van der Waals surface area (Å²) in [5.41, 5.74) is 0.430. The van der Waals surface area contributed by atoms with Crippen molar-refractivity contribution in [3.8, 4) is 0 Å². The molecule has 0 rings (SSSR count). The number of hydrogen-bond donors (Lipinski definition) is 2. The summed E-state index contributed by atoms with van der Waals surface area (Å²) >= 11 is 0. The first-order chi connectivity index (χ1) is 6.47. The SMILES string of the molecule is CC(C)(C)CC(C)(C)NCC(C)(C)CO. The van der Waals surface area contributed by atoms with Gasteiger partial charge < -0.3 is 10.4 Å². The average Bonchev–Trinajstić information content (AvgIpc) is 1.97. The first kappa shape index (κ1) is 14.9. The Morgan fingerprint density at radius 3 is 1.73 bits per heavy atom. The normalized spacial score (nSPS) is 14.4. The molecule has 0 aliphatic heterocycles.